The molecule has 32 heavy (non-hydrogen) atoms. The molecule has 0 aromatic heterocycles. The molecule has 1 fully saturated rings. The molecule has 3 rings (SSSR count). The van der Waals surface area contributed by atoms with E-state index in [0.717, 1.165) is 4.90 Å². The van der Waals surface area contributed by atoms with Crippen molar-refractivity contribution in [2.45, 2.75) is 59.0 Å². The Hall–Kier alpha value is -2.72. The van der Waals surface area contributed by atoms with Gasteiger partial charge in [0.05, 0.1) is 16.3 Å². The Kier molecular flexibility index (Phi) is 9.40. The topological polar surface area (TPSA) is 108 Å². The van der Waals surface area contributed by atoms with E-state index in [9.17, 15) is 19.2 Å². The molecule has 0 aliphatic carbocycles. The van der Waals surface area contributed by atoms with E-state index >= 15 is 0 Å². The standard InChI is InChI=1S/C20H20BrNO8.C2H6/c1-11(23)27-10-16-7-15(28-12(2)24)8-19(30-16)29-14-5-3-13(4-6-14)22-18(25)9-17(21)20(22)26;1-2/h3-6,9,15-16,19H,7-8,10H2,1-2H3;1-2H3. The average Bonchev–Trinajstić information content (AvgIpc) is 2.99. The van der Waals surface area contributed by atoms with Gasteiger partial charge in [-0.05, 0) is 40.2 Å². The number of ether oxygens (including phenoxy) is 4. The normalized spacial score (nSPS) is 22.5. The second-order valence-corrected chi connectivity index (χ2v) is 7.63. The number of esters is 2. The maximum atomic E-state index is 12.0. The molecule has 2 aliphatic rings. The van der Waals surface area contributed by atoms with E-state index in [4.69, 9.17) is 18.9 Å². The summed E-state index contributed by atoms with van der Waals surface area (Å²) in [5.74, 6) is -1.30. The number of halogens is 1. The molecule has 1 aromatic carbocycles. The predicted octanol–water partition coefficient (Wildman–Crippen LogP) is 3.24. The van der Waals surface area contributed by atoms with Crippen molar-refractivity contribution in [2.24, 2.45) is 0 Å². The van der Waals surface area contributed by atoms with Crippen LogP contribution in [0.4, 0.5) is 5.69 Å². The zero-order chi connectivity index (χ0) is 23.8. The van der Waals surface area contributed by atoms with Gasteiger partial charge >= 0.3 is 11.9 Å². The third-order valence-electron chi connectivity index (χ3n) is 4.37. The summed E-state index contributed by atoms with van der Waals surface area (Å²) in [6.45, 7) is 6.64. The Morgan fingerprint density at radius 2 is 1.75 bits per heavy atom. The van der Waals surface area contributed by atoms with Gasteiger partial charge in [0.2, 0.25) is 6.29 Å². The van der Waals surface area contributed by atoms with Crippen LogP contribution in [0, 0.1) is 0 Å². The van der Waals surface area contributed by atoms with Crippen molar-refractivity contribution >= 4 is 45.4 Å². The number of benzene rings is 1. The van der Waals surface area contributed by atoms with Crippen LogP contribution in [0.25, 0.3) is 0 Å². The molecule has 1 saturated heterocycles. The van der Waals surface area contributed by atoms with E-state index in [1.807, 2.05) is 13.8 Å². The van der Waals surface area contributed by atoms with Crippen molar-refractivity contribution in [3.8, 4) is 5.75 Å². The minimum absolute atomic E-state index is 0.0208. The van der Waals surface area contributed by atoms with Crippen molar-refractivity contribution < 1.29 is 38.1 Å². The number of hydrogen-bond acceptors (Lipinski definition) is 8. The number of imide groups is 1. The molecule has 0 N–H and O–H groups in total. The highest BCUT2D eigenvalue weighted by Gasteiger charge is 2.34. The molecule has 2 aliphatic heterocycles. The Bertz CT molecular complexity index is 882. The molecule has 2 amide bonds. The highest BCUT2D eigenvalue weighted by Crippen LogP contribution is 2.29. The largest absolute Gasteiger partial charge is 0.465 e. The maximum Gasteiger partial charge on any atom is 0.302 e. The van der Waals surface area contributed by atoms with Crippen molar-refractivity contribution in [3.05, 3.63) is 34.8 Å². The smallest absolute Gasteiger partial charge is 0.302 e. The third-order valence-corrected chi connectivity index (χ3v) is 4.94. The molecule has 0 spiro atoms. The fraction of sp³-hybridized carbons (Fsp3) is 0.455. The monoisotopic (exact) mass is 511 g/mol. The number of nitrogens with zero attached hydrogens (tertiary/aromatic N) is 1. The van der Waals surface area contributed by atoms with Crippen LogP contribution < -0.4 is 9.64 Å². The van der Waals surface area contributed by atoms with Gasteiger partial charge in [-0.1, -0.05) is 13.8 Å². The van der Waals surface area contributed by atoms with Gasteiger partial charge < -0.3 is 18.9 Å². The molecule has 3 unspecified atom stereocenters. The Labute approximate surface area is 194 Å². The summed E-state index contributed by atoms with van der Waals surface area (Å²) < 4.78 is 22.1. The van der Waals surface area contributed by atoms with Gasteiger partial charge in [-0.25, -0.2) is 4.90 Å². The van der Waals surface area contributed by atoms with Gasteiger partial charge in [0.1, 0.15) is 18.5 Å². The molecule has 0 saturated carbocycles. The lowest BCUT2D eigenvalue weighted by molar-refractivity contribution is -0.201. The molecule has 3 atom stereocenters. The molecule has 10 heteroatoms. The second kappa shape index (κ2) is 11.8. The van der Waals surface area contributed by atoms with Crippen molar-refractivity contribution in [1.29, 1.82) is 0 Å². The van der Waals surface area contributed by atoms with E-state index in [0.29, 0.717) is 24.3 Å². The number of rotatable bonds is 6. The highest BCUT2D eigenvalue weighted by atomic mass is 79.9. The Morgan fingerprint density at radius 3 is 2.28 bits per heavy atom. The fourth-order valence-electron chi connectivity index (χ4n) is 3.17. The van der Waals surface area contributed by atoms with Crippen molar-refractivity contribution in [1.82, 2.24) is 0 Å². The molecule has 2 heterocycles. The first-order valence-electron chi connectivity index (χ1n) is 10.2. The summed E-state index contributed by atoms with van der Waals surface area (Å²) in [5.41, 5.74) is 0.401. The number of anilines is 1. The zero-order valence-electron chi connectivity index (χ0n) is 18.3. The number of amides is 2. The summed E-state index contributed by atoms with van der Waals surface area (Å²) in [5, 5.41) is 0. The third kappa shape index (κ3) is 6.89. The fourth-order valence-corrected chi connectivity index (χ4v) is 3.54. The first-order chi connectivity index (χ1) is 15.2. The summed E-state index contributed by atoms with van der Waals surface area (Å²) in [4.78, 5) is 47.4. The van der Waals surface area contributed by atoms with Crippen LogP contribution in [-0.2, 0) is 33.4 Å². The molecule has 0 bridgehead atoms. The zero-order valence-corrected chi connectivity index (χ0v) is 19.9. The first-order valence-corrected chi connectivity index (χ1v) is 11.0. The van der Waals surface area contributed by atoms with Crippen LogP contribution in [0.15, 0.2) is 34.8 Å². The van der Waals surface area contributed by atoms with Gasteiger partial charge in [0.25, 0.3) is 11.8 Å². The summed E-state index contributed by atoms with van der Waals surface area (Å²) in [7, 11) is 0. The van der Waals surface area contributed by atoms with Gasteiger partial charge in [-0.15, -0.1) is 0 Å². The summed E-state index contributed by atoms with van der Waals surface area (Å²) in [6, 6.07) is 6.35. The predicted molar refractivity (Wildman–Crippen MR) is 118 cm³/mol. The van der Waals surface area contributed by atoms with Crippen LogP contribution in [0.3, 0.4) is 0 Å². The lowest BCUT2D eigenvalue weighted by atomic mass is 10.1. The van der Waals surface area contributed by atoms with Crippen molar-refractivity contribution in [3.63, 3.8) is 0 Å². The van der Waals surface area contributed by atoms with E-state index in [1.165, 1.54) is 19.9 Å². The molecule has 174 valence electrons. The average molecular weight is 512 g/mol. The maximum absolute atomic E-state index is 12.0. The van der Waals surface area contributed by atoms with Crippen LogP contribution in [0.5, 0.6) is 5.75 Å². The number of carbonyl (C=O) groups is 4. The van der Waals surface area contributed by atoms with Crippen LogP contribution in [0.2, 0.25) is 0 Å². The van der Waals surface area contributed by atoms with E-state index in [1.54, 1.807) is 24.3 Å². The molecule has 9 nitrogen and oxygen atoms in total. The number of carbonyl (C=O) groups excluding carboxylic acids is 4. The molecular weight excluding hydrogens is 486 g/mol. The minimum atomic E-state index is -0.736. The van der Waals surface area contributed by atoms with E-state index in [2.05, 4.69) is 15.9 Å². The van der Waals surface area contributed by atoms with Gasteiger partial charge in [-0.2, -0.15) is 0 Å². The first kappa shape index (κ1) is 25.5. The van der Waals surface area contributed by atoms with Gasteiger partial charge in [0, 0.05) is 32.8 Å². The SMILES string of the molecule is CC.CC(=O)OCC1CC(OC(C)=O)CC(Oc2ccc(N3C(=O)C=C(Br)C3=O)cc2)O1. The molecule has 1 aromatic rings. The van der Waals surface area contributed by atoms with Gasteiger partial charge in [-0.3, -0.25) is 19.2 Å². The van der Waals surface area contributed by atoms with Crippen LogP contribution >= 0.6 is 15.9 Å². The van der Waals surface area contributed by atoms with E-state index < -0.39 is 42.3 Å². The summed E-state index contributed by atoms with van der Waals surface area (Å²) >= 11 is 3.05. The Morgan fingerprint density at radius 1 is 1.09 bits per heavy atom. The lowest BCUT2D eigenvalue weighted by Crippen LogP contribution is -2.42. The second-order valence-electron chi connectivity index (χ2n) is 6.78. The molecule has 0 radical (unpaired) electrons. The Balaban J connectivity index is 0.00000176. The highest BCUT2D eigenvalue weighted by molar-refractivity contribution is 9.12. The van der Waals surface area contributed by atoms with Crippen molar-refractivity contribution in [2.75, 3.05) is 11.5 Å². The minimum Gasteiger partial charge on any atom is -0.465 e. The molecular formula is C22H26BrNO8. The lowest BCUT2D eigenvalue weighted by Gasteiger charge is -2.34. The van der Waals surface area contributed by atoms with Crippen LogP contribution in [-0.4, -0.2) is 48.9 Å². The van der Waals surface area contributed by atoms with E-state index in [-0.39, 0.29) is 11.1 Å². The number of hydrogen-bond donors (Lipinski definition) is 0. The van der Waals surface area contributed by atoms with Crippen LogP contribution in [0.1, 0.15) is 40.5 Å². The summed E-state index contributed by atoms with van der Waals surface area (Å²) in [6.07, 6.45) is 0.232. The van der Waals surface area contributed by atoms with Gasteiger partial charge in [0.15, 0.2) is 0 Å². The quantitative estimate of drug-likeness (QED) is 0.422.